The lowest BCUT2D eigenvalue weighted by molar-refractivity contribution is -0.160. The largest absolute Gasteiger partial charge is 0.493 e. The van der Waals surface area contributed by atoms with E-state index in [1.165, 1.54) is 7.11 Å². The highest BCUT2D eigenvalue weighted by molar-refractivity contribution is 9.10. The number of rotatable bonds is 7. The molecule has 0 saturated heterocycles. The summed E-state index contributed by atoms with van der Waals surface area (Å²) in [5, 5.41) is 0. The van der Waals surface area contributed by atoms with E-state index in [0.29, 0.717) is 22.2 Å². The van der Waals surface area contributed by atoms with E-state index in [-0.39, 0.29) is 29.5 Å². The van der Waals surface area contributed by atoms with Gasteiger partial charge in [0.05, 0.1) is 7.11 Å². The van der Waals surface area contributed by atoms with E-state index >= 15 is 0 Å². The number of hydrogen-bond acceptors (Lipinski definition) is 7. The van der Waals surface area contributed by atoms with Crippen molar-refractivity contribution in [2.75, 3.05) is 7.11 Å². The molecule has 4 rings (SSSR count). The summed E-state index contributed by atoms with van der Waals surface area (Å²) in [5.74, 6) is -1.32. The SMILES string of the molecule is COc1cc(Br)cc2c1OC(C(C)C)C(=O)N(C1CC1c1ccccc1)C2C(=O)C(N)C(=O)OC(C)(C)C. The molecule has 1 aliphatic heterocycles. The second-order valence-electron chi connectivity index (χ2n) is 11.2. The summed E-state index contributed by atoms with van der Waals surface area (Å²) in [4.78, 5) is 42.8. The number of methoxy groups -OCH3 is 1. The minimum absolute atomic E-state index is 0.0385. The molecule has 38 heavy (non-hydrogen) atoms. The standard InChI is InChI=1S/C29H35BrN2O6/c1-15(2)25-27(34)32(20-14-18(20)16-10-8-7-9-11-16)23(24(33)22(31)28(35)38-29(3,4)5)19-12-17(30)13-21(36-6)26(19)37-25/h7-13,15,18,20,22-23,25H,14,31H2,1-6H3. The number of carbonyl (C=O) groups is 3. The first-order valence-electron chi connectivity index (χ1n) is 12.8. The summed E-state index contributed by atoms with van der Waals surface area (Å²) in [5.41, 5.74) is 6.89. The van der Waals surface area contributed by atoms with Gasteiger partial charge in [-0.15, -0.1) is 0 Å². The summed E-state index contributed by atoms with van der Waals surface area (Å²) >= 11 is 3.50. The zero-order valence-electron chi connectivity index (χ0n) is 22.6. The number of nitrogens with two attached hydrogens (primary N) is 1. The molecule has 0 radical (unpaired) electrons. The number of esters is 1. The summed E-state index contributed by atoms with van der Waals surface area (Å²) in [6.07, 6.45) is -0.191. The Bertz CT molecular complexity index is 1230. The van der Waals surface area contributed by atoms with Crippen LogP contribution in [0, 0.1) is 5.92 Å². The molecule has 2 aliphatic rings. The van der Waals surface area contributed by atoms with Gasteiger partial charge in [-0.25, -0.2) is 4.79 Å². The number of carbonyl (C=O) groups excluding carboxylic acids is 3. The first-order chi connectivity index (χ1) is 17.8. The molecule has 204 valence electrons. The Labute approximate surface area is 231 Å². The first kappa shape index (κ1) is 28.1. The minimum atomic E-state index is -1.60. The Kier molecular flexibility index (Phi) is 7.91. The lowest BCUT2D eigenvalue weighted by Crippen LogP contribution is -2.52. The summed E-state index contributed by atoms with van der Waals surface area (Å²) in [7, 11) is 1.50. The molecule has 2 aromatic carbocycles. The van der Waals surface area contributed by atoms with Crippen molar-refractivity contribution < 1.29 is 28.6 Å². The quantitative estimate of drug-likeness (QED) is 0.375. The fourth-order valence-electron chi connectivity index (χ4n) is 4.94. The molecule has 1 fully saturated rings. The van der Waals surface area contributed by atoms with Crippen LogP contribution in [0.1, 0.15) is 64.1 Å². The number of halogens is 1. The Balaban J connectivity index is 1.87. The molecule has 0 spiro atoms. The van der Waals surface area contributed by atoms with Crippen molar-refractivity contribution in [2.24, 2.45) is 11.7 Å². The number of fused-ring (bicyclic) bond motifs is 1. The van der Waals surface area contributed by atoms with E-state index in [1.807, 2.05) is 44.2 Å². The van der Waals surface area contributed by atoms with Gasteiger partial charge in [-0.3, -0.25) is 9.59 Å². The molecule has 1 saturated carbocycles. The highest BCUT2D eigenvalue weighted by Crippen LogP contribution is 2.52. The molecule has 0 bridgehead atoms. The van der Waals surface area contributed by atoms with Gasteiger partial charge >= 0.3 is 5.97 Å². The number of ketones is 1. The van der Waals surface area contributed by atoms with Crippen LogP contribution in [-0.4, -0.2) is 53.5 Å². The number of benzene rings is 2. The zero-order valence-corrected chi connectivity index (χ0v) is 24.2. The Morgan fingerprint density at radius 3 is 2.39 bits per heavy atom. The van der Waals surface area contributed by atoms with E-state index < -0.39 is 35.5 Å². The molecule has 1 amide bonds. The molecule has 5 atom stereocenters. The molecule has 2 aromatic rings. The number of nitrogens with zero attached hydrogens (tertiary/aromatic N) is 1. The molecule has 5 unspecified atom stereocenters. The van der Waals surface area contributed by atoms with Crippen molar-refractivity contribution in [1.29, 1.82) is 0 Å². The van der Waals surface area contributed by atoms with Crippen LogP contribution in [0.15, 0.2) is 46.9 Å². The number of Topliss-reactive ketones (excluding diaryl/α,β-unsaturated/α-hetero) is 1. The maximum atomic E-state index is 14.2. The van der Waals surface area contributed by atoms with Gasteiger partial charge in [0.2, 0.25) is 0 Å². The monoisotopic (exact) mass is 586 g/mol. The van der Waals surface area contributed by atoms with Gasteiger partial charge in [0.25, 0.3) is 5.91 Å². The fourth-order valence-corrected chi connectivity index (χ4v) is 5.39. The predicted octanol–water partition coefficient (Wildman–Crippen LogP) is 4.54. The molecule has 2 N–H and O–H groups in total. The van der Waals surface area contributed by atoms with Gasteiger partial charge in [-0.1, -0.05) is 60.1 Å². The fraction of sp³-hybridized carbons (Fsp3) is 0.483. The van der Waals surface area contributed by atoms with Crippen molar-refractivity contribution >= 4 is 33.6 Å². The third kappa shape index (κ3) is 5.59. The van der Waals surface area contributed by atoms with Crippen molar-refractivity contribution in [3.63, 3.8) is 0 Å². The van der Waals surface area contributed by atoms with Crippen LogP contribution in [0.4, 0.5) is 0 Å². The van der Waals surface area contributed by atoms with Crippen LogP contribution in [0.5, 0.6) is 11.5 Å². The van der Waals surface area contributed by atoms with Gasteiger partial charge in [-0.05, 0) is 50.8 Å². The lowest BCUT2D eigenvalue weighted by Gasteiger charge is -2.33. The molecule has 1 heterocycles. The Morgan fingerprint density at radius 2 is 1.82 bits per heavy atom. The predicted molar refractivity (Wildman–Crippen MR) is 146 cm³/mol. The van der Waals surface area contributed by atoms with Crippen LogP contribution >= 0.6 is 15.9 Å². The van der Waals surface area contributed by atoms with Crippen LogP contribution < -0.4 is 15.2 Å². The van der Waals surface area contributed by atoms with E-state index in [1.54, 1.807) is 37.8 Å². The topological polar surface area (TPSA) is 108 Å². The highest BCUT2D eigenvalue weighted by atomic mass is 79.9. The zero-order chi connectivity index (χ0) is 27.9. The normalized spacial score (nSPS) is 23.7. The minimum Gasteiger partial charge on any atom is -0.493 e. The van der Waals surface area contributed by atoms with Gasteiger partial charge in [0.15, 0.2) is 29.4 Å². The van der Waals surface area contributed by atoms with Gasteiger partial charge in [-0.2, -0.15) is 0 Å². The molecule has 1 aliphatic carbocycles. The highest BCUT2D eigenvalue weighted by Gasteiger charge is 2.54. The average Bonchev–Trinajstić information content (AvgIpc) is 3.65. The number of ether oxygens (including phenoxy) is 3. The van der Waals surface area contributed by atoms with E-state index in [2.05, 4.69) is 15.9 Å². The van der Waals surface area contributed by atoms with E-state index in [9.17, 15) is 14.4 Å². The third-order valence-corrected chi connectivity index (χ3v) is 7.23. The van der Waals surface area contributed by atoms with Crippen LogP contribution in [-0.2, 0) is 19.1 Å². The third-order valence-electron chi connectivity index (χ3n) is 6.77. The molecule has 9 heteroatoms. The summed E-state index contributed by atoms with van der Waals surface area (Å²) < 4.78 is 18.0. The van der Waals surface area contributed by atoms with Crippen molar-refractivity contribution in [1.82, 2.24) is 4.90 Å². The van der Waals surface area contributed by atoms with Crippen molar-refractivity contribution in [2.45, 2.75) is 76.8 Å². The van der Waals surface area contributed by atoms with Gasteiger partial charge in [0, 0.05) is 22.0 Å². The second kappa shape index (κ2) is 10.7. The van der Waals surface area contributed by atoms with Crippen molar-refractivity contribution in [3.05, 3.63) is 58.1 Å². The first-order valence-corrected chi connectivity index (χ1v) is 13.6. The van der Waals surface area contributed by atoms with Gasteiger partial charge in [0.1, 0.15) is 11.6 Å². The van der Waals surface area contributed by atoms with E-state index in [0.717, 1.165) is 5.56 Å². The molecular weight excluding hydrogens is 552 g/mol. The van der Waals surface area contributed by atoms with E-state index in [4.69, 9.17) is 19.9 Å². The number of amides is 1. The molecule has 0 aromatic heterocycles. The molecular formula is C29H35BrN2O6. The van der Waals surface area contributed by atoms with Crippen molar-refractivity contribution in [3.8, 4) is 11.5 Å². The van der Waals surface area contributed by atoms with Crippen LogP contribution in [0.2, 0.25) is 0 Å². The summed E-state index contributed by atoms with van der Waals surface area (Å²) in [6.45, 7) is 8.90. The Morgan fingerprint density at radius 1 is 1.16 bits per heavy atom. The number of hydrogen-bond donors (Lipinski definition) is 1. The van der Waals surface area contributed by atoms with Crippen LogP contribution in [0.3, 0.4) is 0 Å². The smallest absolute Gasteiger partial charge is 0.331 e. The second-order valence-corrected chi connectivity index (χ2v) is 12.1. The maximum Gasteiger partial charge on any atom is 0.331 e. The average molecular weight is 588 g/mol. The molecule has 8 nitrogen and oxygen atoms in total. The maximum absolute atomic E-state index is 14.2. The Hall–Kier alpha value is -2.91. The van der Waals surface area contributed by atoms with Crippen LogP contribution in [0.25, 0.3) is 0 Å². The summed E-state index contributed by atoms with van der Waals surface area (Å²) in [6, 6.07) is 10.3. The van der Waals surface area contributed by atoms with Gasteiger partial charge < -0.3 is 24.8 Å². The lowest BCUT2D eigenvalue weighted by atomic mass is 9.94.